The van der Waals surface area contributed by atoms with Crippen LogP contribution in [0.3, 0.4) is 0 Å². The van der Waals surface area contributed by atoms with Gasteiger partial charge in [-0.05, 0) is 19.1 Å². The molecule has 1 N–H and O–H groups in total. The summed E-state index contributed by atoms with van der Waals surface area (Å²) in [6.07, 6.45) is 0. The SMILES string of the molecule is CCOC(=O)c1c(S)cccc1C(=O)O. The first-order valence-corrected chi connectivity index (χ1v) is 4.75. The minimum absolute atomic E-state index is 0.00446. The van der Waals surface area contributed by atoms with Crippen LogP contribution in [0.5, 0.6) is 0 Å². The lowest BCUT2D eigenvalue weighted by molar-refractivity contribution is 0.0510. The predicted octanol–water partition coefficient (Wildman–Crippen LogP) is 1.85. The predicted molar refractivity (Wildman–Crippen MR) is 56.6 cm³/mol. The minimum atomic E-state index is -1.17. The molecular formula is C10H10O4S. The molecule has 0 spiro atoms. The molecule has 0 aliphatic heterocycles. The van der Waals surface area contributed by atoms with Crippen LogP contribution in [0.4, 0.5) is 0 Å². The summed E-state index contributed by atoms with van der Waals surface area (Å²) in [7, 11) is 0. The van der Waals surface area contributed by atoms with Crippen LogP contribution in [0.2, 0.25) is 0 Å². The largest absolute Gasteiger partial charge is 0.478 e. The van der Waals surface area contributed by atoms with E-state index in [9.17, 15) is 9.59 Å². The summed E-state index contributed by atoms with van der Waals surface area (Å²) in [6, 6.07) is 4.41. The van der Waals surface area contributed by atoms with Gasteiger partial charge in [-0.2, -0.15) is 0 Å². The molecule has 0 atom stereocenters. The number of esters is 1. The quantitative estimate of drug-likeness (QED) is 0.610. The molecule has 80 valence electrons. The third kappa shape index (κ3) is 2.50. The fourth-order valence-corrected chi connectivity index (χ4v) is 1.43. The van der Waals surface area contributed by atoms with Crippen molar-refractivity contribution in [2.45, 2.75) is 11.8 Å². The number of ether oxygens (including phenoxy) is 1. The van der Waals surface area contributed by atoms with Crippen LogP contribution in [-0.4, -0.2) is 23.7 Å². The molecule has 15 heavy (non-hydrogen) atoms. The van der Waals surface area contributed by atoms with Crippen LogP contribution in [0.25, 0.3) is 0 Å². The van der Waals surface area contributed by atoms with Crippen LogP contribution in [0.15, 0.2) is 23.1 Å². The summed E-state index contributed by atoms with van der Waals surface area (Å²) < 4.78 is 4.75. The second-order valence-corrected chi connectivity index (χ2v) is 3.21. The Morgan fingerprint density at radius 2 is 2.13 bits per heavy atom. The standard InChI is InChI=1S/C10H10O4S/c1-2-14-10(13)8-6(9(11)12)4-3-5-7(8)15/h3-5,15H,2H2,1H3,(H,11,12). The highest BCUT2D eigenvalue weighted by atomic mass is 32.1. The number of rotatable bonds is 3. The van der Waals surface area contributed by atoms with Crippen molar-refractivity contribution in [3.63, 3.8) is 0 Å². The van der Waals surface area contributed by atoms with Gasteiger partial charge in [0.2, 0.25) is 0 Å². The number of aromatic carboxylic acids is 1. The molecule has 0 unspecified atom stereocenters. The van der Waals surface area contributed by atoms with Gasteiger partial charge in [0.25, 0.3) is 0 Å². The van der Waals surface area contributed by atoms with Gasteiger partial charge in [-0.25, -0.2) is 9.59 Å². The zero-order chi connectivity index (χ0) is 11.4. The van der Waals surface area contributed by atoms with Gasteiger partial charge in [0, 0.05) is 4.90 Å². The van der Waals surface area contributed by atoms with E-state index in [1.165, 1.54) is 12.1 Å². The fourth-order valence-electron chi connectivity index (χ4n) is 1.14. The molecule has 0 heterocycles. The van der Waals surface area contributed by atoms with E-state index in [-0.39, 0.29) is 17.7 Å². The zero-order valence-electron chi connectivity index (χ0n) is 8.06. The van der Waals surface area contributed by atoms with Crippen LogP contribution in [-0.2, 0) is 4.74 Å². The number of carboxylic acids is 1. The van der Waals surface area contributed by atoms with Gasteiger partial charge < -0.3 is 9.84 Å². The van der Waals surface area contributed by atoms with Crippen molar-refractivity contribution in [1.29, 1.82) is 0 Å². The van der Waals surface area contributed by atoms with Crippen LogP contribution in [0.1, 0.15) is 27.6 Å². The van der Waals surface area contributed by atoms with E-state index in [0.29, 0.717) is 4.90 Å². The number of benzene rings is 1. The highest BCUT2D eigenvalue weighted by Crippen LogP contribution is 2.19. The molecule has 0 aromatic heterocycles. The first-order chi connectivity index (χ1) is 7.07. The number of carbonyl (C=O) groups excluding carboxylic acids is 1. The lowest BCUT2D eigenvalue weighted by Gasteiger charge is -2.07. The van der Waals surface area contributed by atoms with Crippen molar-refractivity contribution in [2.75, 3.05) is 6.61 Å². The molecule has 1 aromatic carbocycles. The van der Waals surface area contributed by atoms with Crippen molar-refractivity contribution in [2.24, 2.45) is 0 Å². The Morgan fingerprint density at radius 1 is 1.47 bits per heavy atom. The normalized spacial score (nSPS) is 9.73. The third-order valence-corrected chi connectivity index (χ3v) is 2.13. The maximum Gasteiger partial charge on any atom is 0.340 e. The highest BCUT2D eigenvalue weighted by molar-refractivity contribution is 7.80. The molecule has 1 aromatic rings. The zero-order valence-corrected chi connectivity index (χ0v) is 8.95. The van der Waals surface area contributed by atoms with Crippen molar-refractivity contribution in [3.05, 3.63) is 29.3 Å². The first kappa shape index (κ1) is 11.6. The van der Waals surface area contributed by atoms with E-state index in [0.717, 1.165) is 0 Å². The van der Waals surface area contributed by atoms with E-state index in [1.54, 1.807) is 13.0 Å². The number of thiol groups is 1. The second-order valence-electron chi connectivity index (χ2n) is 2.73. The van der Waals surface area contributed by atoms with Crippen molar-refractivity contribution >= 4 is 24.6 Å². The topological polar surface area (TPSA) is 63.6 Å². The van der Waals surface area contributed by atoms with E-state index < -0.39 is 11.9 Å². The molecule has 1 rings (SSSR count). The molecular weight excluding hydrogens is 216 g/mol. The van der Waals surface area contributed by atoms with Gasteiger partial charge in [-0.15, -0.1) is 12.6 Å². The van der Waals surface area contributed by atoms with Gasteiger partial charge in [0.05, 0.1) is 17.7 Å². The molecule has 0 aliphatic carbocycles. The smallest absolute Gasteiger partial charge is 0.340 e. The Labute approximate surface area is 92.3 Å². The number of hydrogen-bond donors (Lipinski definition) is 2. The molecule has 0 saturated heterocycles. The first-order valence-electron chi connectivity index (χ1n) is 4.30. The summed E-state index contributed by atoms with van der Waals surface area (Å²) >= 11 is 4.03. The monoisotopic (exact) mass is 226 g/mol. The average molecular weight is 226 g/mol. The van der Waals surface area contributed by atoms with E-state index in [2.05, 4.69) is 12.6 Å². The molecule has 0 aliphatic rings. The summed E-state index contributed by atoms with van der Waals surface area (Å²) in [5, 5.41) is 8.87. The van der Waals surface area contributed by atoms with Crippen LogP contribution < -0.4 is 0 Å². The lowest BCUT2D eigenvalue weighted by Crippen LogP contribution is -2.12. The highest BCUT2D eigenvalue weighted by Gasteiger charge is 2.19. The van der Waals surface area contributed by atoms with Crippen LogP contribution >= 0.6 is 12.6 Å². The Hall–Kier alpha value is -1.49. The molecule has 4 nitrogen and oxygen atoms in total. The van der Waals surface area contributed by atoms with Gasteiger partial charge in [-0.3, -0.25) is 0 Å². The summed E-state index contributed by atoms with van der Waals surface area (Å²) in [5.41, 5.74) is -0.101. The summed E-state index contributed by atoms with van der Waals surface area (Å²) in [5.74, 6) is -1.84. The van der Waals surface area contributed by atoms with E-state index >= 15 is 0 Å². The molecule has 0 radical (unpaired) electrons. The van der Waals surface area contributed by atoms with Crippen molar-refractivity contribution < 1.29 is 19.4 Å². The summed E-state index contributed by atoms with van der Waals surface area (Å²) in [4.78, 5) is 22.6. The number of hydrogen-bond acceptors (Lipinski definition) is 4. The maximum atomic E-state index is 11.5. The lowest BCUT2D eigenvalue weighted by atomic mass is 10.1. The van der Waals surface area contributed by atoms with Gasteiger partial charge in [-0.1, -0.05) is 6.07 Å². The van der Waals surface area contributed by atoms with Crippen molar-refractivity contribution in [1.82, 2.24) is 0 Å². The van der Waals surface area contributed by atoms with E-state index in [4.69, 9.17) is 9.84 Å². The Bertz CT molecular complexity index is 400. The molecule has 5 heteroatoms. The van der Waals surface area contributed by atoms with Gasteiger partial charge >= 0.3 is 11.9 Å². The van der Waals surface area contributed by atoms with E-state index in [1.807, 2.05) is 0 Å². The Morgan fingerprint density at radius 3 is 2.67 bits per heavy atom. The molecule has 0 fully saturated rings. The Kier molecular flexibility index (Phi) is 3.74. The minimum Gasteiger partial charge on any atom is -0.478 e. The van der Waals surface area contributed by atoms with Gasteiger partial charge in [0.15, 0.2) is 0 Å². The maximum absolute atomic E-state index is 11.5. The molecule has 0 saturated carbocycles. The summed E-state index contributed by atoms with van der Waals surface area (Å²) in [6.45, 7) is 1.85. The molecule has 0 bridgehead atoms. The third-order valence-electron chi connectivity index (χ3n) is 1.75. The van der Waals surface area contributed by atoms with Gasteiger partial charge in [0.1, 0.15) is 0 Å². The Balaban J connectivity index is 3.24. The van der Waals surface area contributed by atoms with Crippen molar-refractivity contribution in [3.8, 4) is 0 Å². The number of carboxylic acid groups (broad SMARTS) is 1. The number of carbonyl (C=O) groups is 2. The second kappa shape index (κ2) is 4.84. The molecule has 0 amide bonds. The van der Waals surface area contributed by atoms with Crippen LogP contribution in [0, 0.1) is 0 Å². The fraction of sp³-hybridized carbons (Fsp3) is 0.200. The average Bonchev–Trinajstić information content (AvgIpc) is 2.17.